The van der Waals surface area contributed by atoms with Gasteiger partial charge in [-0.25, -0.2) is 0 Å². The summed E-state index contributed by atoms with van der Waals surface area (Å²) >= 11 is 0. The summed E-state index contributed by atoms with van der Waals surface area (Å²) in [6.07, 6.45) is 5.80. The molecule has 1 aliphatic carbocycles. The normalized spacial score (nSPS) is 12.7. The van der Waals surface area contributed by atoms with Gasteiger partial charge < -0.3 is 9.64 Å². The van der Waals surface area contributed by atoms with Crippen molar-refractivity contribution >= 4 is 17.7 Å². The Hall–Kier alpha value is -3.80. The molecule has 1 saturated carbocycles. The number of benzene rings is 2. The van der Waals surface area contributed by atoms with Gasteiger partial charge in [0.15, 0.2) is 5.78 Å². The van der Waals surface area contributed by atoms with Crippen LogP contribution < -0.4 is 0 Å². The van der Waals surface area contributed by atoms with E-state index in [-0.39, 0.29) is 30.0 Å². The van der Waals surface area contributed by atoms with Crippen molar-refractivity contribution < 1.29 is 19.1 Å². The molecule has 1 aliphatic rings. The molecule has 0 saturated heterocycles. The Bertz CT molecular complexity index is 1230. The minimum absolute atomic E-state index is 0.0557. The Labute approximate surface area is 212 Å². The molecule has 3 aromatic rings. The Morgan fingerprint density at radius 1 is 0.944 bits per heavy atom. The molecule has 186 valence electrons. The zero-order chi connectivity index (χ0) is 25.5. The number of carbonyl (C=O) groups is 3. The molecular formula is C30H32N2O4. The molecule has 0 atom stereocenters. The number of hydrogen-bond donors (Lipinski definition) is 0. The van der Waals surface area contributed by atoms with Crippen LogP contribution in [0.5, 0.6) is 0 Å². The second-order valence-corrected chi connectivity index (χ2v) is 9.17. The van der Waals surface area contributed by atoms with Crippen molar-refractivity contribution in [2.75, 3.05) is 6.61 Å². The molecule has 1 amide bonds. The summed E-state index contributed by atoms with van der Waals surface area (Å²) in [6, 6.07) is 17.5. The number of carbonyl (C=O) groups excluding carboxylic acids is 3. The van der Waals surface area contributed by atoms with E-state index < -0.39 is 0 Å². The number of aromatic nitrogens is 1. The lowest BCUT2D eigenvalue weighted by Gasteiger charge is -2.25. The van der Waals surface area contributed by atoms with Crippen molar-refractivity contribution in [1.29, 1.82) is 0 Å². The molecule has 1 fully saturated rings. The van der Waals surface area contributed by atoms with E-state index >= 15 is 0 Å². The number of nitrogens with zero attached hydrogens (tertiary/aromatic N) is 2. The fourth-order valence-corrected chi connectivity index (χ4v) is 4.30. The fourth-order valence-electron chi connectivity index (χ4n) is 4.30. The van der Waals surface area contributed by atoms with Crippen LogP contribution in [-0.4, -0.2) is 34.2 Å². The SMILES string of the molecule is CCOC(=O)Cc1cncc(-c2ccc(C(=O)CC)cc2CN(Cc2ccccc2)C(=O)C2CC2)c1. The standard InChI is InChI=1S/C30H32N2O4/c1-3-28(33)24-12-13-27(25-14-22(17-31-18-25)15-29(34)36-4-2)26(16-24)20-32(30(35)23-10-11-23)19-21-8-6-5-7-9-21/h5-9,12-14,16-18,23H,3-4,10-11,15,19-20H2,1-2H3. The maximum Gasteiger partial charge on any atom is 0.310 e. The monoisotopic (exact) mass is 484 g/mol. The van der Waals surface area contributed by atoms with E-state index in [0.29, 0.717) is 31.7 Å². The maximum atomic E-state index is 13.3. The van der Waals surface area contributed by atoms with Gasteiger partial charge in [-0.05, 0) is 54.2 Å². The third kappa shape index (κ3) is 6.45. The summed E-state index contributed by atoms with van der Waals surface area (Å²) < 4.78 is 5.09. The van der Waals surface area contributed by atoms with Crippen LogP contribution in [0, 0.1) is 5.92 Å². The van der Waals surface area contributed by atoms with Crippen molar-refractivity contribution in [3.63, 3.8) is 0 Å². The van der Waals surface area contributed by atoms with E-state index in [1.807, 2.05) is 66.4 Å². The van der Waals surface area contributed by atoms with E-state index in [2.05, 4.69) is 4.98 Å². The summed E-state index contributed by atoms with van der Waals surface area (Å²) in [7, 11) is 0. The summed E-state index contributed by atoms with van der Waals surface area (Å²) in [6.45, 7) is 4.84. The quantitative estimate of drug-likeness (QED) is 0.270. The molecule has 1 aromatic heterocycles. The molecule has 1 heterocycles. The Balaban J connectivity index is 1.70. The van der Waals surface area contributed by atoms with Crippen molar-refractivity contribution in [3.05, 3.63) is 89.2 Å². The first-order valence-electron chi connectivity index (χ1n) is 12.6. The van der Waals surface area contributed by atoms with E-state index in [4.69, 9.17) is 4.74 Å². The first-order chi connectivity index (χ1) is 17.5. The Kier molecular flexibility index (Phi) is 8.26. The summed E-state index contributed by atoms with van der Waals surface area (Å²) in [5, 5.41) is 0. The number of ether oxygens (including phenoxy) is 1. The molecule has 0 radical (unpaired) electrons. The summed E-state index contributed by atoms with van der Waals surface area (Å²) in [5.74, 6) is -0.0249. The minimum atomic E-state index is -0.301. The lowest BCUT2D eigenvalue weighted by Crippen LogP contribution is -2.31. The predicted molar refractivity (Wildman–Crippen MR) is 138 cm³/mol. The molecular weight excluding hydrogens is 452 g/mol. The van der Waals surface area contributed by atoms with Crippen LogP contribution in [0.2, 0.25) is 0 Å². The van der Waals surface area contributed by atoms with Gasteiger partial charge in [0.25, 0.3) is 0 Å². The van der Waals surface area contributed by atoms with Gasteiger partial charge in [-0.1, -0.05) is 49.4 Å². The molecule has 6 heteroatoms. The average molecular weight is 485 g/mol. The Morgan fingerprint density at radius 2 is 1.72 bits per heavy atom. The second-order valence-electron chi connectivity index (χ2n) is 9.17. The van der Waals surface area contributed by atoms with Gasteiger partial charge in [0.2, 0.25) is 5.91 Å². The number of pyridine rings is 1. The highest BCUT2D eigenvalue weighted by Crippen LogP contribution is 2.33. The molecule has 4 rings (SSSR count). The zero-order valence-electron chi connectivity index (χ0n) is 20.9. The van der Waals surface area contributed by atoms with Crippen LogP contribution >= 0.6 is 0 Å². The molecule has 0 N–H and O–H groups in total. The fraction of sp³-hybridized carbons (Fsp3) is 0.333. The van der Waals surface area contributed by atoms with Gasteiger partial charge in [-0.3, -0.25) is 19.4 Å². The maximum absolute atomic E-state index is 13.3. The number of esters is 1. The van der Waals surface area contributed by atoms with Crippen LogP contribution in [0.4, 0.5) is 0 Å². The number of Topliss-reactive ketones (excluding diaryl/α,β-unsaturated/α-hetero) is 1. The van der Waals surface area contributed by atoms with Gasteiger partial charge in [-0.15, -0.1) is 0 Å². The van der Waals surface area contributed by atoms with Gasteiger partial charge in [0.05, 0.1) is 13.0 Å². The van der Waals surface area contributed by atoms with E-state index in [1.54, 1.807) is 19.3 Å². The van der Waals surface area contributed by atoms with Crippen LogP contribution in [-0.2, 0) is 33.8 Å². The highest BCUT2D eigenvalue weighted by atomic mass is 16.5. The van der Waals surface area contributed by atoms with Crippen molar-refractivity contribution in [2.24, 2.45) is 5.92 Å². The van der Waals surface area contributed by atoms with Gasteiger partial charge >= 0.3 is 5.97 Å². The Morgan fingerprint density at radius 3 is 2.42 bits per heavy atom. The highest BCUT2D eigenvalue weighted by Gasteiger charge is 2.33. The predicted octanol–water partition coefficient (Wildman–Crippen LogP) is 5.39. The average Bonchev–Trinajstić information content (AvgIpc) is 3.74. The van der Waals surface area contributed by atoms with E-state index in [9.17, 15) is 14.4 Å². The number of amides is 1. The molecule has 0 aliphatic heterocycles. The highest BCUT2D eigenvalue weighted by molar-refractivity contribution is 5.96. The third-order valence-electron chi connectivity index (χ3n) is 6.32. The smallest absolute Gasteiger partial charge is 0.310 e. The molecule has 6 nitrogen and oxygen atoms in total. The summed E-state index contributed by atoms with van der Waals surface area (Å²) in [4.78, 5) is 44.1. The summed E-state index contributed by atoms with van der Waals surface area (Å²) in [5.41, 5.74) is 5.05. The van der Waals surface area contributed by atoms with Crippen molar-refractivity contribution in [1.82, 2.24) is 9.88 Å². The van der Waals surface area contributed by atoms with E-state index in [0.717, 1.165) is 40.7 Å². The lowest BCUT2D eigenvalue weighted by atomic mass is 9.95. The topological polar surface area (TPSA) is 76.6 Å². The second kappa shape index (κ2) is 11.8. The first-order valence-corrected chi connectivity index (χ1v) is 12.6. The van der Waals surface area contributed by atoms with Crippen molar-refractivity contribution in [3.8, 4) is 11.1 Å². The molecule has 0 unspecified atom stereocenters. The third-order valence-corrected chi connectivity index (χ3v) is 6.32. The van der Waals surface area contributed by atoms with Gasteiger partial charge in [-0.2, -0.15) is 0 Å². The molecule has 0 bridgehead atoms. The molecule has 0 spiro atoms. The van der Waals surface area contributed by atoms with Gasteiger partial charge in [0.1, 0.15) is 0 Å². The molecule has 2 aromatic carbocycles. The number of rotatable bonds is 11. The van der Waals surface area contributed by atoms with Crippen LogP contribution in [0.3, 0.4) is 0 Å². The molecule has 36 heavy (non-hydrogen) atoms. The van der Waals surface area contributed by atoms with Crippen LogP contribution in [0.1, 0.15) is 60.2 Å². The van der Waals surface area contributed by atoms with Crippen LogP contribution in [0.15, 0.2) is 67.0 Å². The minimum Gasteiger partial charge on any atom is -0.466 e. The lowest BCUT2D eigenvalue weighted by molar-refractivity contribution is -0.142. The number of ketones is 1. The first kappa shape index (κ1) is 25.3. The zero-order valence-corrected chi connectivity index (χ0v) is 20.9. The van der Waals surface area contributed by atoms with E-state index in [1.165, 1.54) is 0 Å². The van der Waals surface area contributed by atoms with Gasteiger partial charge in [0, 0.05) is 48.9 Å². The largest absolute Gasteiger partial charge is 0.466 e. The van der Waals surface area contributed by atoms with Crippen LogP contribution in [0.25, 0.3) is 11.1 Å². The van der Waals surface area contributed by atoms with Crippen molar-refractivity contribution in [2.45, 2.75) is 52.6 Å². The number of hydrogen-bond acceptors (Lipinski definition) is 5.